The highest BCUT2D eigenvalue weighted by Crippen LogP contribution is 2.32. The number of carbonyl (C=O) groups excluding carboxylic acids is 2. The molecule has 0 aromatic rings. The molecule has 0 aromatic carbocycles. The average Bonchev–Trinajstić information content (AvgIpc) is 2.69. The van der Waals surface area contributed by atoms with Gasteiger partial charge in [0.15, 0.2) is 0 Å². The number of amides is 3. The molecule has 2 rings (SSSR count). The van der Waals surface area contributed by atoms with E-state index >= 15 is 0 Å². The van der Waals surface area contributed by atoms with Gasteiger partial charge in [-0.3, -0.25) is 9.69 Å². The van der Waals surface area contributed by atoms with E-state index in [1.165, 1.54) is 11.3 Å². The monoisotopic (exact) mass is 305 g/mol. The van der Waals surface area contributed by atoms with E-state index in [0.717, 1.165) is 38.5 Å². The van der Waals surface area contributed by atoms with Crippen LogP contribution in [0.3, 0.4) is 0 Å². The van der Waals surface area contributed by atoms with Gasteiger partial charge in [-0.15, -0.1) is 13.2 Å². The van der Waals surface area contributed by atoms with Crippen molar-refractivity contribution >= 4 is 11.9 Å². The van der Waals surface area contributed by atoms with Crippen LogP contribution in [0.25, 0.3) is 0 Å². The average molecular weight is 305 g/mol. The fourth-order valence-electron chi connectivity index (χ4n) is 3.41. The molecule has 3 amide bonds. The van der Waals surface area contributed by atoms with Crippen LogP contribution in [0.5, 0.6) is 0 Å². The molecule has 5 nitrogen and oxygen atoms in total. The van der Waals surface area contributed by atoms with Crippen LogP contribution in [0.1, 0.15) is 44.9 Å². The molecular weight excluding hydrogens is 278 g/mol. The van der Waals surface area contributed by atoms with Crippen molar-refractivity contribution in [1.82, 2.24) is 15.1 Å². The molecule has 1 heterocycles. The highest BCUT2D eigenvalue weighted by molar-refractivity contribution is 6.07. The Balaban J connectivity index is 2.09. The van der Waals surface area contributed by atoms with Gasteiger partial charge in [-0.2, -0.15) is 0 Å². The summed E-state index contributed by atoms with van der Waals surface area (Å²) < 4.78 is 0. The maximum absolute atomic E-state index is 12.9. The summed E-state index contributed by atoms with van der Waals surface area (Å²) in [5.74, 6) is -0.0578. The maximum Gasteiger partial charge on any atom is 0.326 e. The summed E-state index contributed by atoms with van der Waals surface area (Å²) in [6.45, 7) is 8.98. The summed E-state index contributed by atoms with van der Waals surface area (Å²) in [5, 5.41) is 2.99. The Bertz CT molecular complexity index is 429. The van der Waals surface area contributed by atoms with Gasteiger partial charge in [0.25, 0.3) is 5.91 Å². The van der Waals surface area contributed by atoms with Crippen LogP contribution < -0.4 is 5.32 Å². The van der Waals surface area contributed by atoms with Crippen LogP contribution in [0.15, 0.2) is 25.3 Å². The number of nitrogens with one attached hydrogen (secondary N) is 1. The third-order valence-corrected chi connectivity index (χ3v) is 4.57. The largest absolute Gasteiger partial charge is 0.326 e. The van der Waals surface area contributed by atoms with Crippen LogP contribution in [0.2, 0.25) is 0 Å². The molecule has 22 heavy (non-hydrogen) atoms. The van der Waals surface area contributed by atoms with Gasteiger partial charge in [0, 0.05) is 13.1 Å². The zero-order valence-electron chi connectivity index (χ0n) is 13.4. The van der Waals surface area contributed by atoms with Crippen molar-refractivity contribution in [1.29, 1.82) is 0 Å². The van der Waals surface area contributed by atoms with Crippen molar-refractivity contribution in [3.05, 3.63) is 25.3 Å². The van der Waals surface area contributed by atoms with Crippen LogP contribution >= 0.6 is 0 Å². The van der Waals surface area contributed by atoms with Gasteiger partial charge in [0.2, 0.25) is 0 Å². The van der Waals surface area contributed by atoms with Crippen LogP contribution in [-0.4, -0.2) is 47.0 Å². The predicted octanol–water partition coefficient (Wildman–Crippen LogP) is 2.65. The molecule has 1 saturated carbocycles. The number of imide groups is 1. The second kappa shape index (κ2) is 7.58. The van der Waals surface area contributed by atoms with E-state index in [-0.39, 0.29) is 11.9 Å². The van der Waals surface area contributed by atoms with Gasteiger partial charge < -0.3 is 5.32 Å². The second-order valence-corrected chi connectivity index (χ2v) is 6.27. The normalized spacial score (nSPS) is 21.6. The minimum absolute atomic E-state index is 0.0578. The van der Waals surface area contributed by atoms with Crippen molar-refractivity contribution in [2.24, 2.45) is 0 Å². The molecule has 1 N–H and O–H groups in total. The minimum atomic E-state index is -0.661. The van der Waals surface area contributed by atoms with E-state index in [1.807, 2.05) is 4.90 Å². The van der Waals surface area contributed by atoms with Gasteiger partial charge >= 0.3 is 6.03 Å². The van der Waals surface area contributed by atoms with Crippen molar-refractivity contribution in [2.45, 2.75) is 50.5 Å². The van der Waals surface area contributed by atoms with Crippen molar-refractivity contribution < 1.29 is 9.59 Å². The van der Waals surface area contributed by atoms with Crippen LogP contribution in [0.4, 0.5) is 4.79 Å². The predicted molar refractivity (Wildman–Crippen MR) is 87.3 cm³/mol. The molecule has 0 atom stereocenters. The Morgan fingerprint density at radius 2 is 1.59 bits per heavy atom. The van der Waals surface area contributed by atoms with Crippen LogP contribution in [0, 0.1) is 0 Å². The lowest BCUT2D eigenvalue weighted by atomic mass is 9.84. The number of rotatable bonds is 6. The minimum Gasteiger partial charge on any atom is -0.323 e. The number of hydrogen-bond donors (Lipinski definition) is 1. The fourth-order valence-corrected chi connectivity index (χ4v) is 3.41. The van der Waals surface area contributed by atoms with Crippen molar-refractivity contribution in [3.8, 4) is 0 Å². The molecule has 0 aromatic heterocycles. The van der Waals surface area contributed by atoms with Gasteiger partial charge in [0.1, 0.15) is 5.54 Å². The molecule has 5 heteroatoms. The Kier molecular flexibility index (Phi) is 5.77. The topological polar surface area (TPSA) is 52.6 Å². The summed E-state index contributed by atoms with van der Waals surface area (Å²) in [7, 11) is 0. The van der Waals surface area contributed by atoms with E-state index in [9.17, 15) is 9.59 Å². The lowest BCUT2D eigenvalue weighted by Crippen LogP contribution is -2.48. The number of nitrogens with zero attached hydrogens (tertiary/aromatic N) is 2. The van der Waals surface area contributed by atoms with Crippen LogP contribution in [-0.2, 0) is 4.79 Å². The number of urea groups is 1. The van der Waals surface area contributed by atoms with Crippen molar-refractivity contribution in [2.75, 3.05) is 19.8 Å². The SMILES string of the molecule is C=CCN(CC=C)CN1C(=O)NC2(CCCCCCC2)C1=O. The molecule has 0 unspecified atom stereocenters. The molecule has 0 radical (unpaired) electrons. The molecule has 1 spiro atoms. The third-order valence-electron chi connectivity index (χ3n) is 4.57. The highest BCUT2D eigenvalue weighted by atomic mass is 16.2. The quantitative estimate of drug-likeness (QED) is 0.606. The molecule has 2 fully saturated rings. The molecule has 1 saturated heterocycles. The molecule has 1 aliphatic heterocycles. The standard InChI is InChI=1S/C17H27N3O2/c1-3-12-19(13-4-2)14-20-15(21)17(18-16(20)22)10-8-6-5-7-9-11-17/h3-4H,1-2,5-14H2,(H,18,22). The maximum atomic E-state index is 12.9. The van der Waals surface area contributed by atoms with Crippen molar-refractivity contribution in [3.63, 3.8) is 0 Å². The van der Waals surface area contributed by atoms with Gasteiger partial charge in [-0.05, 0) is 12.8 Å². The molecular formula is C17H27N3O2. The molecule has 2 aliphatic rings. The Morgan fingerprint density at radius 3 is 2.14 bits per heavy atom. The summed E-state index contributed by atoms with van der Waals surface area (Å²) in [4.78, 5) is 28.5. The second-order valence-electron chi connectivity index (χ2n) is 6.27. The number of carbonyl (C=O) groups is 2. The zero-order chi connectivity index (χ0) is 16.0. The lowest BCUT2D eigenvalue weighted by Gasteiger charge is -2.29. The summed E-state index contributed by atoms with van der Waals surface area (Å²) in [6.07, 6.45) is 10.6. The smallest absolute Gasteiger partial charge is 0.323 e. The number of hydrogen-bond acceptors (Lipinski definition) is 3. The first-order valence-electron chi connectivity index (χ1n) is 8.21. The Labute approximate surface area is 133 Å². The Hall–Kier alpha value is -1.62. The third kappa shape index (κ3) is 3.58. The highest BCUT2D eigenvalue weighted by Gasteiger charge is 2.50. The van der Waals surface area contributed by atoms with Gasteiger partial charge in [0.05, 0.1) is 6.67 Å². The summed E-state index contributed by atoms with van der Waals surface area (Å²) in [5.41, 5.74) is -0.661. The van der Waals surface area contributed by atoms with E-state index in [4.69, 9.17) is 0 Å². The van der Waals surface area contributed by atoms with E-state index in [2.05, 4.69) is 18.5 Å². The molecule has 1 aliphatic carbocycles. The summed E-state index contributed by atoms with van der Waals surface area (Å²) >= 11 is 0. The first-order chi connectivity index (χ1) is 10.6. The fraction of sp³-hybridized carbons (Fsp3) is 0.647. The van der Waals surface area contributed by atoms with Gasteiger partial charge in [-0.1, -0.05) is 44.3 Å². The lowest BCUT2D eigenvalue weighted by molar-refractivity contribution is -0.133. The summed E-state index contributed by atoms with van der Waals surface area (Å²) in [6, 6.07) is -0.260. The van der Waals surface area contributed by atoms with E-state index in [1.54, 1.807) is 12.2 Å². The first-order valence-corrected chi connectivity index (χ1v) is 8.21. The zero-order valence-corrected chi connectivity index (χ0v) is 13.4. The first kappa shape index (κ1) is 16.7. The molecule has 122 valence electrons. The molecule has 0 bridgehead atoms. The Morgan fingerprint density at radius 1 is 1.05 bits per heavy atom. The van der Waals surface area contributed by atoms with E-state index in [0.29, 0.717) is 19.8 Å². The van der Waals surface area contributed by atoms with E-state index < -0.39 is 5.54 Å². The van der Waals surface area contributed by atoms with Gasteiger partial charge in [-0.25, -0.2) is 9.69 Å².